The van der Waals surface area contributed by atoms with Gasteiger partial charge in [-0.25, -0.2) is 4.79 Å². The molecule has 21 heavy (non-hydrogen) atoms. The molecule has 5 heteroatoms. The molecule has 1 aromatic carbocycles. The summed E-state index contributed by atoms with van der Waals surface area (Å²) < 4.78 is 5.13. The molecule has 0 bridgehead atoms. The fourth-order valence-electron chi connectivity index (χ4n) is 3.45. The van der Waals surface area contributed by atoms with Gasteiger partial charge in [-0.1, -0.05) is 12.5 Å². The molecule has 112 valence electrons. The van der Waals surface area contributed by atoms with Crippen molar-refractivity contribution in [3.8, 4) is 5.75 Å². The molecular weight excluding hydrogens is 270 g/mol. The van der Waals surface area contributed by atoms with Crippen LogP contribution in [0.25, 0.3) is 0 Å². The molecular formula is C16H19NO4. The quantitative estimate of drug-likeness (QED) is 0.921. The lowest BCUT2D eigenvalue weighted by molar-refractivity contribution is -0.139. The zero-order valence-corrected chi connectivity index (χ0v) is 11.8. The van der Waals surface area contributed by atoms with Gasteiger partial charge in [-0.2, -0.15) is 0 Å². The van der Waals surface area contributed by atoms with Crippen LogP contribution in [-0.2, 0) is 4.79 Å². The summed E-state index contributed by atoms with van der Waals surface area (Å²) in [6.07, 6.45) is 3.75. The van der Waals surface area contributed by atoms with Gasteiger partial charge in [-0.15, -0.1) is 0 Å². The maximum atomic E-state index is 12.5. The Balaban J connectivity index is 1.67. The SMILES string of the molecule is O=C(O)COc1cccc(C(=O)N2CC3CCCC3C2)c1. The van der Waals surface area contributed by atoms with Crippen molar-refractivity contribution in [1.29, 1.82) is 0 Å². The van der Waals surface area contributed by atoms with Gasteiger partial charge in [0.1, 0.15) is 5.75 Å². The van der Waals surface area contributed by atoms with Crippen molar-refractivity contribution in [2.75, 3.05) is 19.7 Å². The monoisotopic (exact) mass is 289 g/mol. The normalized spacial score (nSPS) is 23.9. The first-order valence-electron chi connectivity index (χ1n) is 7.37. The zero-order chi connectivity index (χ0) is 14.8. The highest BCUT2D eigenvalue weighted by Gasteiger charge is 2.38. The van der Waals surface area contributed by atoms with E-state index in [-0.39, 0.29) is 5.91 Å². The van der Waals surface area contributed by atoms with Gasteiger partial charge in [0.2, 0.25) is 0 Å². The second-order valence-electron chi connectivity index (χ2n) is 5.87. The Morgan fingerprint density at radius 3 is 2.62 bits per heavy atom. The van der Waals surface area contributed by atoms with Crippen LogP contribution in [0.15, 0.2) is 24.3 Å². The van der Waals surface area contributed by atoms with Crippen LogP contribution in [0.4, 0.5) is 0 Å². The van der Waals surface area contributed by atoms with E-state index in [4.69, 9.17) is 9.84 Å². The third-order valence-electron chi connectivity index (χ3n) is 4.46. The van der Waals surface area contributed by atoms with Crippen molar-refractivity contribution in [3.63, 3.8) is 0 Å². The van der Waals surface area contributed by atoms with Crippen LogP contribution >= 0.6 is 0 Å². The largest absolute Gasteiger partial charge is 0.482 e. The fraction of sp³-hybridized carbons (Fsp3) is 0.500. The molecule has 3 rings (SSSR count). The minimum absolute atomic E-state index is 0.0187. The Hall–Kier alpha value is -2.04. The van der Waals surface area contributed by atoms with Crippen molar-refractivity contribution >= 4 is 11.9 Å². The van der Waals surface area contributed by atoms with Crippen molar-refractivity contribution in [3.05, 3.63) is 29.8 Å². The second kappa shape index (κ2) is 5.76. The van der Waals surface area contributed by atoms with E-state index < -0.39 is 12.6 Å². The number of fused-ring (bicyclic) bond motifs is 1. The second-order valence-corrected chi connectivity index (χ2v) is 5.87. The molecule has 1 saturated carbocycles. The molecule has 1 aromatic rings. The minimum Gasteiger partial charge on any atom is -0.482 e. The van der Waals surface area contributed by atoms with Crippen LogP contribution in [-0.4, -0.2) is 41.6 Å². The lowest BCUT2D eigenvalue weighted by Crippen LogP contribution is -2.29. The molecule has 1 saturated heterocycles. The van der Waals surface area contributed by atoms with Gasteiger partial charge in [-0.3, -0.25) is 4.79 Å². The Kier molecular flexibility index (Phi) is 3.82. The predicted octanol–water partition coefficient (Wildman–Crippen LogP) is 2.02. The van der Waals surface area contributed by atoms with Gasteiger partial charge < -0.3 is 14.7 Å². The molecule has 1 N–H and O–H groups in total. The molecule has 0 radical (unpaired) electrons. The number of carbonyl (C=O) groups excluding carboxylic acids is 1. The van der Waals surface area contributed by atoms with E-state index in [9.17, 15) is 9.59 Å². The predicted molar refractivity (Wildman–Crippen MR) is 76.3 cm³/mol. The van der Waals surface area contributed by atoms with Crippen molar-refractivity contribution in [2.45, 2.75) is 19.3 Å². The summed E-state index contributed by atoms with van der Waals surface area (Å²) in [6, 6.07) is 6.77. The van der Waals surface area contributed by atoms with Crippen molar-refractivity contribution in [1.82, 2.24) is 4.90 Å². The van der Waals surface area contributed by atoms with Gasteiger partial charge in [0.15, 0.2) is 6.61 Å². The molecule has 0 aromatic heterocycles. The Labute approximate surface area is 123 Å². The van der Waals surface area contributed by atoms with Crippen LogP contribution in [0.5, 0.6) is 5.75 Å². The van der Waals surface area contributed by atoms with Gasteiger partial charge in [0.25, 0.3) is 5.91 Å². The first-order valence-corrected chi connectivity index (χ1v) is 7.37. The van der Waals surface area contributed by atoms with E-state index in [2.05, 4.69) is 0 Å². The minimum atomic E-state index is -1.03. The maximum absolute atomic E-state index is 12.5. The summed E-state index contributed by atoms with van der Waals surface area (Å²) in [5.74, 6) is 0.743. The smallest absolute Gasteiger partial charge is 0.341 e. The molecule has 2 fully saturated rings. The van der Waals surface area contributed by atoms with E-state index in [0.717, 1.165) is 13.1 Å². The number of rotatable bonds is 4. The van der Waals surface area contributed by atoms with E-state index in [0.29, 0.717) is 23.1 Å². The van der Waals surface area contributed by atoms with Gasteiger partial charge >= 0.3 is 5.97 Å². The molecule has 0 spiro atoms. The highest BCUT2D eigenvalue weighted by molar-refractivity contribution is 5.94. The topological polar surface area (TPSA) is 66.8 Å². The number of likely N-dealkylation sites (tertiary alicyclic amines) is 1. The third kappa shape index (κ3) is 3.01. The van der Waals surface area contributed by atoms with Crippen LogP contribution in [0.2, 0.25) is 0 Å². The van der Waals surface area contributed by atoms with Crippen LogP contribution in [0, 0.1) is 11.8 Å². The van der Waals surface area contributed by atoms with E-state index in [1.807, 2.05) is 4.90 Å². The molecule has 2 unspecified atom stereocenters. The molecule has 1 aliphatic heterocycles. The summed E-state index contributed by atoms with van der Waals surface area (Å²) >= 11 is 0. The van der Waals surface area contributed by atoms with Gasteiger partial charge in [-0.05, 0) is 42.9 Å². The summed E-state index contributed by atoms with van der Waals surface area (Å²) in [6.45, 7) is 1.30. The van der Waals surface area contributed by atoms with Crippen molar-refractivity contribution < 1.29 is 19.4 Å². The number of hydrogen-bond acceptors (Lipinski definition) is 3. The molecule has 2 aliphatic rings. The first-order chi connectivity index (χ1) is 10.1. The molecule has 1 heterocycles. The summed E-state index contributed by atoms with van der Waals surface area (Å²) in [7, 11) is 0. The first kappa shape index (κ1) is 13.9. The zero-order valence-electron chi connectivity index (χ0n) is 11.8. The molecule has 1 aliphatic carbocycles. The number of benzene rings is 1. The molecule has 5 nitrogen and oxygen atoms in total. The number of carboxylic acids is 1. The number of nitrogens with zero attached hydrogens (tertiary/aromatic N) is 1. The molecule has 1 amide bonds. The van der Waals surface area contributed by atoms with Gasteiger partial charge in [0, 0.05) is 18.7 Å². The number of ether oxygens (including phenoxy) is 1. The average molecular weight is 289 g/mol. The van der Waals surface area contributed by atoms with E-state index >= 15 is 0 Å². The van der Waals surface area contributed by atoms with Crippen LogP contribution in [0.1, 0.15) is 29.6 Å². The van der Waals surface area contributed by atoms with Crippen LogP contribution < -0.4 is 4.74 Å². The Bertz CT molecular complexity index is 545. The van der Waals surface area contributed by atoms with E-state index in [1.54, 1.807) is 24.3 Å². The number of carbonyl (C=O) groups is 2. The number of amides is 1. The van der Waals surface area contributed by atoms with Crippen LogP contribution in [0.3, 0.4) is 0 Å². The van der Waals surface area contributed by atoms with E-state index in [1.165, 1.54) is 19.3 Å². The standard InChI is InChI=1S/C16H19NO4/c18-15(19)10-21-14-6-2-3-11(7-14)16(20)17-8-12-4-1-5-13(12)9-17/h2-3,6-7,12-13H,1,4-5,8-10H2,(H,18,19). The summed E-state index contributed by atoms with van der Waals surface area (Å²) in [5, 5.41) is 8.62. The van der Waals surface area contributed by atoms with Crippen molar-refractivity contribution in [2.24, 2.45) is 11.8 Å². The average Bonchev–Trinajstić information content (AvgIpc) is 3.06. The lowest BCUT2D eigenvalue weighted by Gasteiger charge is -2.17. The Morgan fingerprint density at radius 2 is 1.95 bits per heavy atom. The summed E-state index contributed by atoms with van der Waals surface area (Å²) in [4.78, 5) is 25.0. The highest BCUT2D eigenvalue weighted by atomic mass is 16.5. The number of hydrogen-bond donors (Lipinski definition) is 1. The lowest BCUT2D eigenvalue weighted by atomic mass is 10.0. The maximum Gasteiger partial charge on any atom is 0.341 e. The fourth-order valence-corrected chi connectivity index (χ4v) is 3.45. The summed E-state index contributed by atoms with van der Waals surface area (Å²) in [5.41, 5.74) is 0.567. The third-order valence-corrected chi connectivity index (χ3v) is 4.46. The molecule has 2 atom stereocenters. The Morgan fingerprint density at radius 1 is 1.24 bits per heavy atom. The van der Waals surface area contributed by atoms with Gasteiger partial charge in [0.05, 0.1) is 0 Å². The number of aliphatic carboxylic acids is 1. The highest BCUT2D eigenvalue weighted by Crippen LogP contribution is 2.38. The number of carboxylic acid groups (broad SMARTS) is 1.